The number of hydrogen-bond donors (Lipinski definition) is 3. The van der Waals surface area contributed by atoms with Crippen molar-refractivity contribution < 1.29 is 38.5 Å². The standard InChI is InChI=1S/C30H29Cl2N5O6S3/c1-18-35(11-12-36(18)14-25(39)40)8-2-7-34-9-5-21(6-10-34)44-15-19-16-46-29-26(28(41)37(29)27(19)30(42)43)33-24(38)17-45-23-13-20(31)3-4-22(23)32/h3-6,9-13,26,29H,2,7-8,14-17H2,1H3,(H-2,33,38,39,40,42,43)/p+2. The number of carboxylic acids is 2. The average molecular weight is 725 g/mol. The molecule has 2 aromatic heterocycles. The molecular formula is C30H31Cl2N5O6S3+2. The molecule has 3 aromatic rings. The van der Waals surface area contributed by atoms with Gasteiger partial charge >= 0.3 is 11.9 Å². The lowest BCUT2D eigenvalue weighted by Crippen LogP contribution is -2.70. The number of aliphatic carboxylic acids is 2. The molecule has 2 amide bonds. The van der Waals surface area contributed by atoms with E-state index in [9.17, 15) is 24.3 Å². The molecule has 0 saturated carbocycles. The van der Waals surface area contributed by atoms with Gasteiger partial charge in [-0.2, -0.15) is 0 Å². The largest absolute Gasteiger partial charge is 0.478 e. The number of thioether (sulfide) groups is 3. The van der Waals surface area contributed by atoms with Crippen LogP contribution in [0.2, 0.25) is 10.0 Å². The smallest absolute Gasteiger partial charge is 0.352 e. The van der Waals surface area contributed by atoms with E-state index in [0.29, 0.717) is 32.0 Å². The Bertz CT molecular complexity index is 1700. The van der Waals surface area contributed by atoms with Crippen molar-refractivity contribution in [2.75, 3.05) is 17.3 Å². The summed E-state index contributed by atoms with van der Waals surface area (Å²) in [5.41, 5.74) is 0.643. The molecule has 242 valence electrons. The molecule has 2 unspecified atom stereocenters. The fourth-order valence-electron chi connectivity index (χ4n) is 5.11. The van der Waals surface area contributed by atoms with Gasteiger partial charge in [0.25, 0.3) is 11.7 Å². The monoisotopic (exact) mass is 723 g/mol. The number of β-lactam (4-membered cyclic amide) rings is 1. The van der Waals surface area contributed by atoms with Crippen molar-refractivity contribution in [3.8, 4) is 0 Å². The highest BCUT2D eigenvalue weighted by molar-refractivity contribution is 8.01. The van der Waals surface area contributed by atoms with Crippen LogP contribution in [0.4, 0.5) is 0 Å². The predicted molar refractivity (Wildman–Crippen MR) is 176 cm³/mol. The molecule has 2 atom stereocenters. The van der Waals surface area contributed by atoms with Crippen molar-refractivity contribution in [3.63, 3.8) is 0 Å². The predicted octanol–water partition coefficient (Wildman–Crippen LogP) is 3.48. The van der Waals surface area contributed by atoms with Crippen LogP contribution in [-0.4, -0.2) is 72.1 Å². The summed E-state index contributed by atoms with van der Waals surface area (Å²) < 4.78 is 5.80. The van der Waals surface area contributed by atoms with Crippen LogP contribution in [0, 0.1) is 6.92 Å². The van der Waals surface area contributed by atoms with Crippen LogP contribution in [0.25, 0.3) is 0 Å². The molecule has 1 aromatic carbocycles. The lowest BCUT2D eigenvalue weighted by molar-refractivity contribution is -0.698. The number of carbonyl (C=O) groups excluding carboxylic acids is 2. The van der Waals surface area contributed by atoms with Crippen LogP contribution in [-0.2, 0) is 38.8 Å². The van der Waals surface area contributed by atoms with Gasteiger partial charge in [-0.3, -0.25) is 14.5 Å². The fourth-order valence-corrected chi connectivity index (χ4v) is 8.79. The number of halogens is 2. The number of nitrogens with zero attached hydrogens (tertiary/aromatic N) is 4. The Morgan fingerprint density at radius 3 is 2.59 bits per heavy atom. The molecule has 4 heterocycles. The van der Waals surface area contributed by atoms with Crippen LogP contribution in [0.15, 0.2) is 76.2 Å². The van der Waals surface area contributed by atoms with E-state index in [1.807, 2.05) is 42.2 Å². The summed E-state index contributed by atoms with van der Waals surface area (Å²) in [7, 11) is 0. The van der Waals surface area contributed by atoms with Gasteiger partial charge in [0.05, 0.1) is 17.3 Å². The molecule has 16 heteroatoms. The number of pyridine rings is 1. The van der Waals surface area contributed by atoms with Crippen LogP contribution in [0.3, 0.4) is 0 Å². The molecule has 2 aliphatic rings. The number of aryl methyl sites for hydroxylation is 2. The zero-order valence-corrected chi connectivity index (χ0v) is 28.6. The molecule has 46 heavy (non-hydrogen) atoms. The van der Waals surface area contributed by atoms with E-state index in [2.05, 4.69) is 9.88 Å². The first-order valence-corrected chi connectivity index (χ1v) is 18.0. The summed E-state index contributed by atoms with van der Waals surface area (Å²) in [5.74, 6) is -1.08. The summed E-state index contributed by atoms with van der Waals surface area (Å²) in [6.45, 7) is 3.36. The van der Waals surface area contributed by atoms with Crippen molar-refractivity contribution in [1.29, 1.82) is 0 Å². The van der Waals surface area contributed by atoms with Crippen molar-refractivity contribution >= 4 is 82.2 Å². The Morgan fingerprint density at radius 2 is 1.87 bits per heavy atom. The first-order chi connectivity index (χ1) is 22.0. The van der Waals surface area contributed by atoms with Crippen LogP contribution < -0.4 is 14.5 Å². The minimum absolute atomic E-state index is 0.0113. The lowest BCUT2D eigenvalue weighted by Gasteiger charge is -2.49. The van der Waals surface area contributed by atoms with Gasteiger partial charge in [-0.05, 0) is 23.8 Å². The second-order valence-electron chi connectivity index (χ2n) is 10.6. The Balaban J connectivity index is 1.12. The highest BCUT2D eigenvalue weighted by Gasteiger charge is 2.54. The minimum atomic E-state index is -1.16. The third-order valence-electron chi connectivity index (χ3n) is 7.47. The number of fused-ring (bicyclic) bond motifs is 1. The molecule has 2 aliphatic heterocycles. The Labute approximate surface area is 287 Å². The summed E-state index contributed by atoms with van der Waals surface area (Å²) >= 11 is 16.3. The number of rotatable bonds is 14. The average Bonchev–Trinajstić information content (AvgIpc) is 3.36. The number of amides is 2. The molecule has 1 saturated heterocycles. The number of hydrogen-bond acceptors (Lipinski definition) is 7. The van der Waals surface area contributed by atoms with E-state index in [0.717, 1.165) is 30.2 Å². The third kappa shape index (κ3) is 8.03. The van der Waals surface area contributed by atoms with Crippen LogP contribution in [0.1, 0.15) is 12.2 Å². The van der Waals surface area contributed by atoms with E-state index in [-0.39, 0.29) is 23.9 Å². The van der Waals surface area contributed by atoms with Gasteiger partial charge in [0.15, 0.2) is 25.5 Å². The van der Waals surface area contributed by atoms with Crippen LogP contribution in [0.5, 0.6) is 0 Å². The third-order valence-corrected chi connectivity index (χ3v) is 11.6. The molecular weight excluding hydrogens is 693 g/mol. The van der Waals surface area contributed by atoms with Crippen molar-refractivity contribution in [3.05, 3.63) is 82.3 Å². The van der Waals surface area contributed by atoms with E-state index in [4.69, 9.17) is 28.3 Å². The van der Waals surface area contributed by atoms with Crippen molar-refractivity contribution in [1.82, 2.24) is 14.8 Å². The molecule has 0 bridgehead atoms. The Hall–Kier alpha value is -3.17. The normalized spacial score (nSPS) is 17.5. The van der Waals surface area contributed by atoms with Gasteiger partial charge in [-0.1, -0.05) is 23.2 Å². The Kier molecular flexibility index (Phi) is 11.3. The van der Waals surface area contributed by atoms with Gasteiger partial charge in [-0.25, -0.2) is 23.3 Å². The highest BCUT2D eigenvalue weighted by Crippen LogP contribution is 2.41. The van der Waals surface area contributed by atoms with Crippen molar-refractivity contribution in [2.45, 2.75) is 54.2 Å². The number of carbonyl (C=O) groups is 4. The van der Waals surface area contributed by atoms with E-state index in [1.54, 1.807) is 29.0 Å². The number of benzene rings is 1. The first-order valence-electron chi connectivity index (χ1n) is 14.2. The van der Waals surface area contributed by atoms with Gasteiger partial charge < -0.3 is 15.5 Å². The SMILES string of the molecule is Cc1n(CCC[n+]2ccc(SCC3=C(C(=O)O)N4C(=O)C(NC(=O)CSc5cc(Cl)ccc5Cl)C4SC3)cc2)cc[n+]1CC(=O)O. The molecule has 0 spiro atoms. The van der Waals surface area contributed by atoms with Gasteiger partial charge in [-0.15, -0.1) is 35.3 Å². The van der Waals surface area contributed by atoms with Gasteiger partial charge in [0.2, 0.25) is 5.91 Å². The summed E-state index contributed by atoms with van der Waals surface area (Å²) in [6, 6.07) is 8.12. The summed E-state index contributed by atoms with van der Waals surface area (Å²) in [5, 5.41) is 22.3. The number of aromatic nitrogens is 3. The number of imidazole rings is 1. The summed E-state index contributed by atoms with van der Waals surface area (Å²) in [6.07, 6.45) is 8.46. The van der Waals surface area contributed by atoms with Crippen molar-refractivity contribution in [2.24, 2.45) is 0 Å². The molecule has 11 nitrogen and oxygen atoms in total. The lowest BCUT2D eigenvalue weighted by atomic mass is 10.0. The van der Waals surface area contributed by atoms with E-state index in [1.165, 1.54) is 40.2 Å². The maximum absolute atomic E-state index is 13.0. The molecule has 1 fully saturated rings. The van der Waals surface area contributed by atoms with E-state index >= 15 is 0 Å². The number of nitrogens with one attached hydrogen (secondary N) is 1. The van der Waals surface area contributed by atoms with Gasteiger partial charge in [0, 0.05) is 51.8 Å². The topological polar surface area (TPSA) is 137 Å². The molecule has 5 rings (SSSR count). The zero-order valence-electron chi connectivity index (χ0n) is 24.6. The number of carboxylic acid groups (broad SMARTS) is 2. The minimum Gasteiger partial charge on any atom is -0.478 e. The second kappa shape index (κ2) is 15.2. The Morgan fingerprint density at radius 1 is 1.11 bits per heavy atom. The second-order valence-corrected chi connectivity index (χ2v) is 14.6. The van der Waals surface area contributed by atoms with E-state index < -0.39 is 29.3 Å². The quantitative estimate of drug-likeness (QED) is 0.130. The van der Waals surface area contributed by atoms with Crippen LogP contribution >= 0.6 is 58.5 Å². The maximum atomic E-state index is 13.0. The summed E-state index contributed by atoms with van der Waals surface area (Å²) in [4.78, 5) is 51.8. The molecule has 0 aliphatic carbocycles. The first kappa shape index (κ1) is 34.2. The van der Waals surface area contributed by atoms with Gasteiger partial charge in [0.1, 0.15) is 29.5 Å². The maximum Gasteiger partial charge on any atom is 0.352 e. The molecule has 3 N–H and O–H groups in total. The fraction of sp³-hybridized carbons (Fsp3) is 0.333. The molecule has 0 radical (unpaired) electrons. The zero-order chi connectivity index (χ0) is 33.0. The highest BCUT2D eigenvalue weighted by atomic mass is 35.5.